The number of hydrogen-bond acceptors (Lipinski definition) is 3. The van der Waals surface area contributed by atoms with Crippen LogP contribution in [0, 0.1) is 5.82 Å². The molecule has 0 fully saturated rings. The zero-order valence-electron chi connectivity index (χ0n) is 11.1. The van der Waals surface area contributed by atoms with Crippen molar-refractivity contribution >= 4 is 17.9 Å². The van der Waals surface area contributed by atoms with Crippen molar-refractivity contribution in [2.75, 3.05) is 5.32 Å². The molecular weight excluding hydrogens is 273 g/mol. The van der Waals surface area contributed by atoms with Gasteiger partial charge in [0.2, 0.25) is 5.91 Å². The van der Waals surface area contributed by atoms with Crippen molar-refractivity contribution in [3.63, 3.8) is 0 Å². The van der Waals surface area contributed by atoms with Crippen LogP contribution in [0.1, 0.15) is 22.3 Å². The molecule has 0 saturated carbocycles. The van der Waals surface area contributed by atoms with Crippen LogP contribution >= 0.6 is 0 Å². The molecule has 1 aliphatic heterocycles. The van der Waals surface area contributed by atoms with Gasteiger partial charge in [0.05, 0.1) is 5.56 Å². The quantitative estimate of drug-likeness (QED) is 0.880. The Bertz CT molecular complexity index is 727. The highest BCUT2D eigenvalue weighted by atomic mass is 19.1. The van der Waals surface area contributed by atoms with Gasteiger partial charge in [-0.3, -0.25) is 9.59 Å². The number of anilines is 1. The number of fused-ring (bicyclic) bond motifs is 1. The first-order chi connectivity index (χ1) is 10.2. The second-order valence-corrected chi connectivity index (χ2v) is 4.75. The summed E-state index contributed by atoms with van der Waals surface area (Å²) in [7, 11) is 0. The lowest BCUT2D eigenvalue weighted by molar-refractivity contribution is -0.116. The molecule has 2 aromatic carbocycles. The number of rotatable bonds is 3. The Morgan fingerprint density at radius 3 is 2.86 bits per heavy atom. The van der Waals surface area contributed by atoms with Crippen molar-refractivity contribution in [3.8, 4) is 11.5 Å². The van der Waals surface area contributed by atoms with Crippen LogP contribution in [0.2, 0.25) is 0 Å². The summed E-state index contributed by atoms with van der Waals surface area (Å²) in [6, 6.07) is 9.27. The van der Waals surface area contributed by atoms with Crippen molar-refractivity contribution < 1.29 is 18.7 Å². The summed E-state index contributed by atoms with van der Waals surface area (Å²) >= 11 is 0. The number of carbonyl (C=O) groups excluding carboxylic acids is 2. The third kappa shape index (κ3) is 2.63. The third-order valence-electron chi connectivity index (χ3n) is 3.32. The standard InChI is InChI=1S/C16H12FNO3/c17-13-3-1-2-11(9-19)16(13)21-12-5-6-14-10(8-12)4-7-15(20)18-14/h1-3,5-6,8-9H,4,7H2,(H,18,20). The monoisotopic (exact) mass is 285 g/mol. The molecule has 1 heterocycles. The number of hydrogen-bond donors (Lipinski definition) is 1. The molecule has 0 spiro atoms. The second-order valence-electron chi connectivity index (χ2n) is 4.75. The number of benzene rings is 2. The van der Waals surface area contributed by atoms with Crippen LogP contribution < -0.4 is 10.1 Å². The summed E-state index contributed by atoms with van der Waals surface area (Å²) in [6.07, 6.45) is 1.57. The number of para-hydroxylation sites is 1. The SMILES string of the molecule is O=Cc1cccc(F)c1Oc1ccc2c(c1)CCC(=O)N2. The van der Waals surface area contributed by atoms with E-state index in [1.54, 1.807) is 18.2 Å². The van der Waals surface area contributed by atoms with Crippen molar-refractivity contribution in [2.45, 2.75) is 12.8 Å². The molecule has 0 bridgehead atoms. The van der Waals surface area contributed by atoms with E-state index in [-0.39, 0.29) is 17.2 Å². The van der Waals surface area contributed by atoms with Crippen LogP contribution in [0.25, 0.3) is 0 Å². The number of aldehydes is 1. The fourth-order valence-corrected chi connectivity index (χ4v) is 2.27. The van der Waals surface area contributed by atoms with Gasteiger partial charge >= 0.3 is 0 Å². The van der Waals surface area contributed by atoms with Gasteiger partial charge in [-0.2, -0.15) is 0 Å². The molecule has 1 aliphatic rings. The van der Waals surface area contributed by atoms with Gasteiger partial charge in [0, 0.05) is 12.1 Å². The van der Waals surface area contributed by atoms with Crippen molar-refractivity contribution in [3.05, 3.63) is 53.3 Å². The molecular formula is C16H12FNO3. The van der Waals surface area contributed by atoms with Gasteiger partial charge < -0.3 is 10.1 Å². The molecule has 1 amide bonds. The maximum absolute atomic E-state index is 13.8. The molecule has 21 heavy (non-hydrogen) atoms. The lowest BCUT2D eigenvalue weighted by Gasteiger charge is -2.18. The number of aryl methyl sites for hydroxylation is 1. The van der Waals surface area contributed by atoms with Crippen molar-refractivity contribution in [1.29, 1.82) is 0 Å². The lowest BCUT2D eigenvalue weighted by Crippen LogP contribution is -2.18. The van der Waals surface area contributed by atoms with Crippen LogP contribution in [0.4, 0.5) is 10.1 Å². The van der Waals surface area contributed by atoms with Gasteiger partial charge in [0.15, 0.2) is 17.9 Å². The number of ether oxygens (including phenoxy) is 1. The molecule has 0 radical (unpaired) electrons. The Kier molecular flexibility index (Phi) is 3.39. The Morgan fingerprint density at radius 2 is 2.05 bits per heavy atom. The zero-order valence-corrected chi connectivity index (χ0v) is 11.1. The van der Waals surface area contributed by atoms with E-state index in [1.165, 1.54) is 18.2 Å². The van der Waals surface area contributed by atoms with Gasteiger partial charge in [-0.1, -0.05) is 6.07 Å². The largest absolute Gasteiger partial charge is 0.454 e. The molecule has 0 saturated heterocycles. The molecule has 1 N–H and O–H groups in total. The van der Waals surface area contributed by atoms with Crippen LogP contribution in [-0.2, 0) is 11.2 Å². The molecule has 3 rings (SSSR count). The minimum absolute atomic E-state index is 0.0199. The lowest BCUT2D eigenvalue weighted by atomic mass is 10.0. The topological polar surface area (TPSA) is 55.4 Å². The number of halogens is 1. The Labute approximate surface area is 120 Å². The summed E-state index contributed by atoms with van der Waals surface area (Å²) < 4.78 is 19.3. The Balaban J connectivity index is 1.93. The summed E-state index contributed by atoms with van der Waals surface area (Å²) in [5, 5.41) is 2.76. The van der Waals surface area contributed by atoms with Gasteiger partial charge in [-0.25, -0.2) is 4.39 Å². The summed E-state index contributed by atoms with van der Waals surface area (Å²) in [6.45, 7) is 0. The van der Waals surface area contributed by atoms with E-state index in [2.05, 4.69) is 5.32 Å². The summed E-state index contributed by atoms with van der Waals surface area (Å²) in [4.78, 5) is 22.2. The van der Waals surface area contributed by atoms with E-state index < -0.39 is 5.82 Å². The maximum Gasteiger partial charge on any atom is 0.224 e. The smallest absolute Gasteiger partial charge is 0.224 e. The zero-order chi connectivity index (χ0) is 14.8. The average molecular weight is 285 g/mol. The first kappa shape index (κ1) is 13.3. The molecule has 0 aromatic heterocycles. The Morgan fingerprint density at radius 1 is 1.19 bits per heavy atom. The maximum atomic E-state index is 13.8. The highest BCUT2D eigenvalue weighted by Crippen LogP contribution is 2.31. The molecule has 4 nitrogen and oxygen atoms in total. The molecule has 106 valence electrons. The second kappa shape index (κ2) is 5.36. The summed E-state index contributed by atoms with van der Waals surface area (Å²) in [5.41, 5.74) is 1.82. The number of carbonyl (C=O) groups is 2. The van der Waals surface area contributed by atoms with Crippen molar-refractivity contribution in [2.24, 2.45) is 0 Å². The van der Waals surface area contributed by atoms with Crippen LogP contribution in [0.5, 0.6) is 11.5 Å². The molecule has 0 unspecified atom stereocenters. The van der Waals surface area contributed by atoms with Gasteiger partial charge in [0.1, 0.15) is 5.75 Å². The van der Waals surface area contributed by atoms with E-state index in [4.69, 9.17) is 4.74 Å². The van der Waals surface area contributed by atoms with Gasteiger partial charge in [-0.05, 0) is 42.3 Å². The minimum atomic E-state index is -0.592. The molecule has 0 atom stereocenters. The predicted molar refractivity (Wildman–Crippen MR) is 75.3 cm³/mol. The van der Waals surface area contributed by atoms with Gasteiger partial charge in [0.25, 0.3) is 0 Å². The summed E-state index contributed by atoms with van der Waals surface area (Å²) in [5.74, 6) is -0.274. The van der Waals surface area contributed by atoms with Crippen LogP contribution in [0.3, 0.4) is 0 Å². The van der Waals surface area contributed by atoms with E-state index >= 15 is 0 Å². The predicted octanol–water partition coefficient (Wildman–Crippen LogP) is 3.32. The molecule has 2 aromatic rings. The normalized spacial score (nSPS) is 13.3. The van der Waals surface area contributed by atoms with E-state index in [0.29, 0.717) is 24.9 Å². The average Bonchev–Trinajstić information content (AvgIpc) is 2.49. The van der Waals surface area contributed by atoms with Crippen LogP contribution in [0.15, 0.2) is 36.4 Å². The van der Waals surface area contributed by atoms with Crippen LogP contribution in [-0.4, -0.2) is 12.2 Å². The molecule has 0 aliphatic carbocycles. The molecule has 5 heteroatoms. The number of nitrogens with one attached hydrogen (secondary N) is 1. The fraction of sp³-hybridized carbons (Fsp3) is 0.125. The third-order valence-corrected chi connectivity index (χ3v) is 3.32. The van der Waals surface area contributed by atoms with Gasteiger partial charge in [-0.15, -0.1) is 0 Å². The fourth-order valence-electron chi connectivity index (χ4n) is 2.27. The van der Waals surface area contributed by atoms with E-state index in [1.807, 2.05) is 0 Å². The highest BCUT2D eigenvalue weighted by molar-refractivity contribution is 5.94. The van der Waals surface area contributed by atoms with E-state index in [0.717, 1.165) is 11.3 Å². The first-order valence-corrected chi connectivity index (χ1v) is 6.51. The van der Waals surface area contributed by atoms with E-state index in [9.17, 15) is 14.0 Å². The minimum Gasteiger partial charge on any atom is -0.454 e. The van der Waals surface area contributed by atoms with Crippen molar-refractivity contribution in [1.82, 2.24) is 0 Å². The highest BCUT2D eigenvalue weighted by Gasteiger charge is 2.16. The first-order valence-electron chi connectivity index (χ1n) is 6.51. The number of amides is 1. The Hall–Kier alpha value is -2.69.